The number of halogens is 1. The second-order valence-electron chi connectivity index (χ2n) is 11.3. The molecule has 7 nitrogen and oxygen atoms in total. The molecule has 1 fully saturated rings. The third-order valence-electron chi connectivity index (χ3n) is 8.66. The number of aliphatic hydroxyl groups is 1. The van der Waals surface area contributed by atoms with E-state index in [0.717, 1.165) is 56.4 Å². The van der Waals surface area contributed by atoms with Gasteiger partial charge in [0.25, 0.3) is 5.91 Å². The fourth-order valence-corrected chi connectivity index (χ4v) is 7.63. The number of aryl methyl sites for hydroxylation is 1. The number of sulfonamides is 1. The number of carbonyl (C=O) groups is 1. The van der Waals surface area contributed by atoms with Crippen LogP contribution in [0.1, 0.15) is 73.4 Å². The van der Waals surface area contributed by atoms with Crippen LogP contribution < -0.4 is 14.4 Å². The minimum atomic E-state index is -3.92. The van der Waals surface area contributed by atoms with Gasteiger partial charge in [-0.2, -0.15) is 0 Å². The standard InChI is InChI=1S/C31H39ClN2O5S/c1-2-28-14-13-27(35)12-9-21-6-7-24(21)19-34-16-4-3-5-22-17-26(32)11-8-25(22)20-39-30-15-10-23(18-29(30)34)31(36)33-40(28,37)38/h8-12,15,17-18,21,24,27-28,35H,2-7,13-14,16,19-20H2,1H3,(H,33,36)/b12-9+/t21?,24?,27-,28+/m0/s1. The quantitative estimate of drug-likeness (QED) is 0.420. The molecule has 2 heterocycles. The number of aliphatic hydroxyl groups excluding tert-OH is 1. The van der Waals surface area contributed by atoms with E-state index in [1.165, 1.54) is 5.56 Å². The molecule has 2 unspecified atom stereocenters. The number of allylic oxidation sites excluding steroid dienone is 1. The fourth-order valence-electron chi connectivity index (χ4n) is 6.01. The van der Waals surface area contributed by atoms with Gasteiger partial charge in [-0.3, -0.25) is 4.79 Å². The summed E-state index contributed by atoms with van der Waals surface area (Å²) in [5.74, 6) is 0.793. The molecule has 5 rings (SSSR count). The van der Waals surface area contributed by atoms with E-state index in [1.807, 2.05) is 24.3 Å². The molecule has 216 valence electrons. The average molecular weight is 587 g/mol. The Labute approximate surface area is 242 Å². The zero-order chi connectivity index (χ0) is 28.3. The van der Waals surface area contributed by atoms with Crippen molar-refractivity contribution in [2.75, 3.05) is 18.0 Å². The number of nitrogens with zero attached hydrogens (tertiary/aromatic N) is 1. The van der Waals surface area contributed by atoms with Gasteiger partial charge in [0.15, 0.2) is 0 Å². The van der Waals surface area contributed by atoms with Gasteiger partial charge in [0.1, 0.15) is 12.4 Å². The summed E-state index contributed by atoms with van der Waals surface area (Å²) in [5, 5.41) is 10.5. The number of hydrogen-bond acceptors (Lipinski definition) is 6. The third kappa shape index (κ3) is 6.67. The second-order valence-corrected chi connectivity index (χ2v) is 13.7. The molecule has 0 spiro atoms. The van der Waals surface area contributed by atoms with E-state index in [4.69, 9.17) is 16.3 Å². The van der Waals surface area contributed by atoms with Crippen LogP contribution in [0.15, 0.2) is 48.6 Å². The summed E-state index contributed by atoms with van der Waals surface area (Å²) in [6.07, 6.45) is 9.17. The summed E-state index contributed by atoms with van der Waals surface area (Å²) in [6, 6.07) is 11.1. The number of nitrogens with one attached hydrogen (secondary N) is 1. The van der Waals surface area contributed by atoms with Gasteiger partial charge in [-0.05, 0) is 105 Å². The Morgan fingerprint density at radius 3 is 2.67 bits per heavy atom. The second kappa shape index (κ2) is 12.5. The maximum atomic E-state index is 13.3. The van der Waals surface area contributed by atoms with Crippen molar-refractivity contribution in [2.24, 2.45) is 11.8 Å². The molecule has 40 heavy (non-hydrogen) atoms. The van der Waals surface area contributed by atoms with Crippen molar-refractivity contribution >= 4 is 33.2 Å². The first-order valence-electron chi connectivity index (χ1n) is 14.4. The lowest BCUT2D eigenvalue weighted by atomic mass is 9.73. The molecule has 9 heteroatoms. The van der Waals surface area contributed by atoms with Crippen molar-refractivity contribution in [3.8, 4) is 5.75 Å². The molecule has 2 aliphatic heterocycles. The Hall–Kier alpha value is -2.55. The molecule has 2 N–H and O–H groups in total. The lowest BCUT2D eigenvalue weighted by Gasteiger charge is -2.40. The van der Waals surface area contributed by atoms with Gasteiger partial charge >= 0.3 is 0 Å². The molecule has 0 saturated heterocycles. The minimum absolute atomic E-state index is 0.275. The van der Waals surface area contributed by atoms with Gasteiger partial charge in [-0.25, -0.2) is 13.1 Å². The lowest BCUT2D eigenvalue weighted by molar-refractivity contribution is 0.0981. The van der Waals surface area contributed by atoms with E-state index < -0.39 is 27.3 Å². The number of amides is 1. The van der Waals surface area contributed by atoms with E-state index in [0.29, 0.717) is 42.1 Å². The molecular formula is C31H39ClN2O5S. The van der Waals surface area contributed by atoms with E-state index in [-0.39, 0.29) is 12.0 Å². The zero-order valence-corrected chi connectivity index (χ0v) is 24.6. The van der Waals surface area contributed by atoms with Gasteiger partial charge in [0, 0.05) is 23.7 Å². The largest absolute Gasteiger partial charge is 0.487 e. The van der Waals surface area contributed by atoms with Crippen LogP contribution in [0.4, 0.5) is 5.69 Å². The lowest BCUT2D eigenvalue weighted by Crippen LogP contribution is -2.40. The van der Waals surface area contributed by atoms with Crippen molar-refractivity contribution in [2.45, 2.75) is 76.3 Å². The van der Waals surface area contributed by atoms with Crippen molar-refractivity contribution < 1.29 is 23.1 Å². The van der Waals surface area contributed by atoms with Crippen LogP contribution in [0, 0.1) is 11.8 Å². The van der Waals surface area contributed by atoms with E-state index in [9.17, 15) is 18.3 Å². The summed E-state index contributed by atoms with van der Waals surface area (Å²) in [5.41, 5.74) is 3.35. The Morgan fingerprint density at radius 1 is 1.05 bits per heavy atom. The summed E-state index contributed by atoms with van der Waals surface area (Å²) in [7, 11) is -3.92. The first kappa shape index (κ1) is 29.0. The molecule has 2 bridgehead atoms. The van der Waals surface area contributed by atoms with Crippen molar-refractivity contribution in [3.05, 3.63) is 70.3 Å². The topological polar surface area (TPSA) is 95.9 Å². The highest BCUT2D eigenvalue weighted by atomic mass is 35.5. The summed E-state index contributed by atoms with van der Waals surface area (Å²) < 4.78 is 34.9. The highest BCUT2D eigenvalue weighted by Crippen LogP contribution is 2.40. The maximum absolute atomic E-state index is 13.3. The van der Waals surface area contributed by atoms with Gasteiger partial charge < -0.3 is 14.7 Å². The Bertz CT molecular complexity index is 1360. The number of rotatable bonds is 1. The summed E-state index contributed by atoms with van der Waals surface area (Å²) in [4.78, 5) is 15.6. The van der Waals surface area contributed by atoms with E-state index in [2.05, 4.69) is 15.7 Å². The average Bonchev–Trinajstić information content (AvgIpc) is 2.93. The Kier molecular flexibility index (Phi) is 9.08. The highest BCUT2D eigenvalue weighted by molar-refractivity contribution is 7.90. The molecule has 1 amide bonds. The predicted octanol–water partition coefficient (Wildman–Crippen LogP) is 5.64. The third-order valence-corrected chi connectivity index (χ3v) is 10.8. The van der Waals surface area contributed by atoms with Crippen LogP contribution >= 0.6 is 11.6 Å². The predicted molar refractivity (Wildman–Crippen MR) is 158 cm³/mol. The van der Waals surface area contributed by atoms with E-state index in [1.54, 1.807) is 25.1 Å². The van der Waals surface area contributed by atoms with Crippen LogP contribution in [0.5, 0.6) is 5.75 Å². The highest BCUT2D eigenvalue weighted by Gasteiger charge is 2.33. The normalized spacial score (nSPS) is 28.0. The summed E-state index contributed by atoms with van der Waals surface area (Å²) in [6.45, 7) is 3.73. The van der Waals surface area contributed by atoms with E-state index >= 15 is 0 Å². The number of fused-ring (bicyclic) bond motifs is 3. The van der Waals surface area contributed by atoms with Gasteiger partial charge in [-0.1, -0.05) is 36.7 Å². The fraction of sp³-hybridized carbons (Fsp3) is 0.516. The molecule has 0 radical (unpaired) electrons. The van der Waals surface area contributed by atoms with Crippen molar-refractivity contribution in [1.82, 2.24) is 4.72 Å². The molecule has 2 aromatic carbocycles. The van der Waals surface area contributed by atoms with Crippen molar-refractivity contribution in [1.29, 1.82) is 0 Å². The van der Waals surface area contributed by atoms with Crippen LogP contribution in [-0.4, -0.2) is 43.9 Å². The molecule has 1 aliphatic carbocycles. The number of carbonyl (C=O) groups excluding carboxylic acids is 1. The molecule has 4 atom stereocenters. The van der Waals surface area contributed by atoms with Crippen LogP contribution in [0.2, 0.25) is 5.02 Å². The molecule has 2 aromatic rings. The SMILES string of the molecule is CC[C@@H]1CC[C@@H](O)/C=C/C2CCC2CN2CCCCc3cc(Cl)ccc3COc3ccc(cc32)C(=O)NS1(=O)=O. The molecular weight excluding hydrogens is 548 g/mol. The van der Waals surface area contributed by atoms with Gasteiger partial charge in [0.05, 0.1) is 17.0 Å². The van der Waals surface area contributed by atoms with Crippen molar-refractivity contribution in [3.63, 3.8) is 0 Å². The minimum Gasteiger partial charge on any atom is -0.487 e. The van der Waals surface area contributed by atoms with Gasteiger partial charge in [0.2, 0.25) is 10.0 Å². The Morgan fingerprint density at radius 2 is 1.90 bits per heavy atom. The first-order valence-corrected chi connectivity index (χ1v) is 16.4. The molecule has 1 saturated carbocycles. The Balaban J connectivity index is 1.53. The number of anilines is 1. The number of ether oxygens (including phenoxy) is 1. The first-order chi connectivity index (χ1) is 19.2. The molecule has 0 aromatic heterocycles. The van der Waals surface area contributed by atoms with Gasteiger partial charge in [-0.15, -0.1) is 0 Å². The smallest absolute Gasteiger partial charge is 0.264 e. The van der Waals surface area contributed by atoms with Crippen LogP contribution in [0.25, 0.3) is 0 Å². The monoisotopic (exact) mass is 586 g/mol. The van der Waals surface area contributed by atoms with Crippen LogP contribution in [0.3, 0.4) is 0 Å². The summed E-state index contributed by atoms with van der Waals surface area (Å²) >= 11 is 6.29. The molecule has 3 aliphatic rings. The number of benzene rings is 2. The number of hydrogen-bond donors (Lipinski definition) is 2. The maximum Gasteiger partial charge on any atom is 0.264 e. The zero-order valence-electron chi connectivity index (χ0n) is 23.0. The van der Waals surface area contributed by atoms with Crippen LogP contribution in [-0.2, 0) is 23.1 Å².